The SMILES string of the molecule is CCCCCC(=O)OCCCC[O]. The average molecular weight is 187 g/mol. The van der Waals surface area contributed by atoms with Gasteiger partial charge in [0.25, 0.3) is 0 Å². The van der Waals surface area contributed by atoms with Gasteiger partial charge in [-0.05, 0) is 19.3 Å². The molecular weight excluding hydrogens is 168 g/mol. The lowest BCUT2D eigenvalue weighted by Gasteiger charge is -2.02. The molecule has 0 aromatic carbocycles. The molecule has 0 heterocycles. The van der Waals surface area contributed by atoms with Gasteiger partial charge in [0.15, 0.2) is 0 Å². The number of carbonyl (C=O) groups is 1. The van der Waals surface area contributed by atoms with E-state index >= 15 is 0 Å². The van der Waals surface area contributed by atoms with E-state index in [1.807, 2.05) is 0 Å². The molecule has 0 amide bonds. The smallest absolute Gasteiger partial charge is 0.305 e. The van der Waals surface area contributed by atoms with Gasteiger partial charge < -0.3 is 4.74 Å². The van der Waals surface area contributed by atoms with Crippen molar-refractivity contribution in [2.45, 2.75) is 45.4 Å². The number of hydrogen-bond donors (Lipinski definition) is 0. The fraction of sp³-hybridized carbons (Fsp3) is 0.900. The summed E-state index contributed by atoms with van der Waals surface area (Å²) in [5.74, 6) is -0.126. The van der Waals surface area contributed by atoms with E-state index in [9.17, 15) is 9.90 Å². The highest BCUT2D eigenvalue weighted by atomic mass is 16.5. The summed E-state index contributed by atoms with van der Waals surface area (Å²) in [6.07, 6.45) is 4.92. The molecule has 0 saturated heterocycles. The highest BCUT2D eigenvalue weighted by Crippen LogP contribution is 2.01. The van der Waals surface area contributed by atoms with Crippen molar-refractivity contribution >= 4 is 5.97 Å². The van der Waals surface area contributed by atoms with Crippen LogP contribution in [0.2, 0.25) is 0 Å². The number of ether oxygens (including phenoxy) is 1. The van der Waals surface area contributed by atoms with Crippen LogP contribution in [0.3, 0.4) is 0 Å². The molecule has 0 saturated carbocycles. The van der Waals surface area contributed by atoms with Gasteiger partial charge in [-0.15, -0.1) is 0 Å². The molecule has 3 heteroatoms. The predicted molar refractivity (Wildman–Crippen MR) is 49.9 cm³/mol. The topological polar surface area (TPSA) is 46.2 Å². The first-order chi connectivity index (χ1) is 6.31. The van der Waals surface area contributed by atoms with Crippen LogP contribution in [-0.4, -0.2) is 19.2 Å². The Balaban J connectivity index is 3.11. The van der Waals surface area contributed by atoms with E-state index in [0.29, 0.717) is 25.9 Å². The number of unbranched alkanes of at least 4 members (excludes halogenated alkanes) is 3. The fourth-order valence-electron chi connectivity index (χ4n) is 0.982. The van der Waals surface area contributed by atoms with Gasteiger partial charge in [0.2, 0.25) is 0 Å². The molecular formula is C10H19O3. The third kappa shape index (κ3) is 9.34. The number of esters is 1. The first-order valence-electron chi connectivity index (χ1n) is 5.05. The lowest BCUT2D eigenvalue weighted by molar-refractivity contribution is -0.144. The normalized spacial score (nSPS) is 10.0. The Morgan fingerprint density at radius 2 is 1.92 bits per heavy atom. The third-order valence-corrected chi connectivity index (χ3v) is 1.79. The van der Waals surface area contributed by atoms with Gasteiger partial charge in [0.1, 0.15) is 0 Å². The quantitative estimate of drug-likeness (QED) is 0.432. The molecule has 13 heavy (non-hydrogen) atoms. The Kier molecular flexibility index (Phi) is 9.10. The molecule has 0 unspecified atom stereocenters. The summed E-state index contributed by atoms with van der Waals surface area (Å²) < 4.78 is 4.91. The number of hydrogen-bond acceptors (Lipinski definition) is 2. The molecule has 77 valence electrons. The van der Waals surface area contributed by atoms with Gasteiger partial charge in [-0.1, -0.05) is 19.8 Å². The Hall–Kier alpha value is -0.570. The van der Waals surface area contributed by atoms with Crippen LogP contribution in [0.5, 0.6) is 0 Å². The van der Waals surface area contributed by atoms with Crippen molar-refractivity contribution in [3.05, 3.63) is 0 Å². The van der Waals surface area contributed by atoms with E-state index in [4.69, 9.17) is 4.74 Å². The molecule has 0 aromatic heterocycles. The van der Waals surface area contributed by atoms with E-state index in [1.54, 1.807) is 0 Å². The highest BCUT2D eigenvalue weighted by molar-refractivity contribution is 5.69. The van der Waals surface area contributed by atoms with Gasteiger partial charge in [0, 0.05) is 6.42 Å². The second-order valence-corrected chi connectivity index (χ2v) is 3.09. The van der Waals surface area contributed by atoms with Crippen molar-refractivity contribution in [2.24, 2.45) is 0 Å². The Bertz CT molecular complexity index is 123. The minimum absolute atomic E-state index is 0.0760. The lowest BCUT2D eigenvalue weighted by atomic mass is 10.2. The largest absolute Gasteiger partial charge is 0.466 e. The Labute approximate surface area is 80.1 Å². The minimum atomic E-state index is -0.126. The summed E-state index contributed by atoms with van der Waals surface area (Å²) in [6, 6.07) is 0. The van der Waals surface area contributed by atoms with Crippen LogP contribution in [0.25, 0.3) is 0 Å². The maximum Gasteiger partial charge on any atom is 0.305 e. The molecule has 0 fully saturated rings. The molecule has 0 atom stereocenters. The summed E-state index contributed by atoms with van der Waals surface area (Å²) in [7, 11) is 0. The van der Waals surface area contributed by atoms with E-state index in [1.165, 1.54) is 0 Å². The summed E-state index contributed by atoms with van der Waals surface area (Å²) in [6.45, 7) is 2.43. The van der Waals surface area contributed by atoms with Crippen LogP contribution in [0, 0.1) is 0 Å². The summed E-state index contributed by atoms with van der Waals surface area (Å²) >= 11 is 0. The standard InChI is InChI=1S/C10H19O3/c1-2-3-4-7-10(12)13-9-6-5-8-11/h2-9H2,1H3. The van der Waals surface area contributed by atoms with Crippen LogP contribution >= 0.6 is 0 Å². The van der Waals surface area contributed by atoms with Gasteiger partial charge in [-0.2, -0.15) is 0 Å². The van der Waals surface area contributed by atoms with Crippen LogP contribution < -0.4 is 0 Å². The van der Waals surface area contributed by atoms with Gasteiger partial charge in [0.05, 0.1) is 13.2 Å². The van der Waals surface area contributed by atoms with Crippen LogP contribution in [0.4, 0.5) is 0 Å². The maximum atomic E-state index is 11.0. The first-order valence-corrected chi connectivity index (χ1v) is 5.05. The van der Waals surface area contributed by atoms with Crippen molar-refractivity contribution in [1.82, 2.24) is 0 Å². The van der Waals surface area contributed by atoms with Gasteiger partial charge >= 0.3 is 5.97 Å². The monoisotopic (exact) mass is 187 g/mol. The number of rotatable bonds is 8. The van der Waals surface area contributed by atoms with Crippen LogP contribution in [-0.2, 0) is 14.6 Å². The average Bonchev–Trinajstić information content (AvgIpc) is 2.13. The molecule has 1 radical (unpaired) electrons. The second kappa shape index (κ2) is 9.52. The zero-order chi connectivity index (χ0) is 9.94. The van der Waals surface area contributed by atoms with E-state index < -0.39 is 0 Å². The zero-order valence-corrected chi connectivity index (χ0v) is 8.38. The van der Waals surface area contributed by atoms with Gasteiger partial charge in [-0.25, -0.2) is 5.11 Å². The third-order valence-electron chi connectivity index (χ3n) is 1.79. The molecule has 0 rings (SSSR count). The summed E-state index contributed by atoms with van der Waals surface area (Å²) in [5, 5.41) is 10.0. The Morgan fingerprint density at radius 1 is 1.15 bits per heavy atom. The van der Waals surface area contributed by atoms with Crippen molar-refractivity contribution in [2.75, 3.05) is 13.2 Å². The second-order valence-electron chi connectivity index (χ2n) is 3.09. The van der Waals surface area contributed by atoms with Crippen LogP contribution in [0.1, 0.15) is 45.4 Å². The molecule has 0 spiro atoms. The molecule has 0 aromatic rings. The van der Waals surface area contributed by atoms with E-state index in [-0.39, 0.29) is 12.6 Å². The molecule has 0 aliphatic heterocycles. The highest BCUT2D eigenvalue weighted by Gasteiger charge is 2.00. The lowest BCUT2D eigenvalue weighted by Crippen LogP contribution is -2.05. The maximum absolute atomic E-state index is 11.0. The van der Waals surface area contributed by atoms with E-state index in [2.05, 4.69) is 6.92 Å². The Morgan fingerprint density at radius 3 is 2.54 bits per heavy atom. The predicted octanol–water partition coefficient (Wildman–Crippen LogP) is 2.32. The summed E-state index contributed by atoms with van der Waals surface area (Å²) in [5.41, 5.74) is 0. The molecule has 0 aliphatic rings. The molecule has 0 N–H and O–H groups in total. The molecule has 0 aliphatic carbocycles. The van der Waals surface area contributed by atoms with Crippen molar-refractivity contribution in [1.29, 1.82) is 0 Å². The first kappa shape index (κ1) is 12.4. The van der Waals surface area contributed by atoms with Crippen molar-refractivity contribution in [3.8, 4) is 0 Å². The molecule has 3 nitrogen and oxygen atoms in total. The fourth-order valence-corrected chi connectivity index (χ4v) is 0.982. The van der Waals surface area contributed by atoms with E-state index in [0.717, 1.165) is 19.3 Å². The zero-order valence-electron chi connectivity index (χ0n) is 8.38. The van der Waals surface area contributed by atoms with Crippen molar-refractivity contribution < 1.29 is 14.6 Å². The number of carbonyl (C=O) groups excluding carboxylic acids is 1. The van der Waals surface area contributed by atoms with Crippen molar-refractivity contribution in [3.63, 3.8) is 0 Å². The molecule has 0 bridgehead atoms. The van der Waals surface area contributed by atoms with Gasteiger partial charge in [-0.3, -0.25) is 4.79 Å². The summed E-state index contributed by atoms with van der Waals surface area (Å²) in [4.78, 5) is 11.0. The van der Waals surface area contributed by atoms with Crippen LogP contribution in [0.15, 0.2) is 0 Å². The minimum Gasteiger partial charge on any atom is -0.466 e.